The summed E-state index contributed by atoms with van der Waals surface area (Å²) in [5, 5.41) is 7.23. The van der Waals surface area contributed by atoms with Crippen LogP contribution in [0.3, 0.4) is 0 Å². The number of halogens is 2. The molecule has 0 amide bonds. The van der Waals surface area contributed by atoms with Crippen LogP contribution in [0, 0.1) is 5.82 Å². The lowest BCUT2D eigenvalue weighted by atomic mass is 10.0. The number of anilines is 1. The number of nitrogens with one attached hydrogen (secondary N) is 2. The Hall–Kier alpha value is -0.800. The molecule has 106 valence electrons. The topological polar surface area (TPSA) is 24.1 Å². The van der Waals surface area contributed by atoms with Gasteiger partial charge in [-0.1, -0.05) is 24.4 Å². The molecule has 0 aliphatic carbocycles. The number of benzene rings is 1. The van der Waals surface area contributed by atoms with E-state index in [4.69, 9.17) is 11.6 Å². The Morgan fingerprint density at radius 1 is 1.42 bits per heavy atom. The van der Waals surface area contributed by atoms with E-state index >= 15 is 0 Å². The molecule has 1 heterocycles. The Bertz CT molecular complexity index is 403. The second-order valence-corrected chi connectivity index (χ2v) is 5.84. The zero-order chi connectivity index (χ0) is 13.7. The zero-order valence-corrected chi connectivity index (χ0v) is 12.1. The summed E-state index contributed by atoms with van der Waals surface area (Å²) < 4.78 is 13.7. The van der Waals surface area contributed by atoms with Crippen molar-refractivity contribution in [2.75, 3.05) is 11.9 Å². The fourth-order valence-electron chi connectivity index (χ4n) is 2.66. The largest absolute Gasteiger partial charge is 0.380 e. The van der Waals surface area contributed by atoms with Crippen molar-refractivity contribution in [2.24, 2.45) is 0 Å². The molecule has 1 aliphatic heterocycles. The standard InChI is InChI=1S/C15H22ClFN2/c1-11(9-13-5-3-2-4-8-18-13)19-15-7-6-12(16)10-14(15)17/h6-7,10-11,13,18-19H,2-5,8-9H2,1H3. The molecule has 1 aliphatic rings. The fourth-order valence-corrected chi connectivity index (χ4v) is 2.82. The molecule has 1 saturated heterocycles. The van der Waals surface area contributed by atoms with E-state index in [0.29, 0.717) is 16.8 Å². The van der Waals surface area contributed by atoms with Crippen molar-refractivity contribution in [3.05, 3.63) is 29.0 Å². The summed E-state index contributed by atoms with van der Waals surface area (Å²) in [5.74, 6) is -0.284. The number of rotatable bonds is 4. The molecule has 2 unspecified atom stereocenters. The molecule has 0 saturated carbocycles. The van der Waals surface area contributed by atoms with Crippen molar-refractivity contribution in [1.82, 2.24) is 5.32 Å². The molecule has 0 spiro atoms. The molecule has 4 heteroatoms. The second-order valence-electron chi connectivity index (χ2n) is 5.41. The first-order valence-electron chi connectivity index (χ1n) is 7.10. The van der Waals surface area contributed by atoms with Gasteiger partial charge in [0.2, 0.25) is 0 Å². The van der Waals surface area contributed by atoms with Gasteiger partial charge < -0.3 is 10.6 Å². The van der Waals surface area contributed by atoms with Crippen molar-refractivity contribution >= 4 is 17.3 Å². The summed E-state index contributed by atoms with van der Waals surface area (Å²) in [5.41, 5.74) is 0.533. The molecule has 1 aromatic carbocycles. The van der Waals surface area contributed by atoms with Gasteiger partial charge in [-0.2, -0.15) is 0 Å². The third kappa shape index (κ3) is 4.66. The Morgan fingerprint density at radius 3 is 3.05 bits per heavy atom. The lowest BCUT2D eigenvalue weighted by Crippen LogP contribution is -2.33. The summed E-state index contributed by atoms with van der Waals surface area (Å²) in [4.78, 5) is 0. The first kappa shape index (κ1) is 14.6. The normalized spacial score (nSPS) is 21.7. The smallest absolute Gasteiger partial charge is 0.147 e. The minimum atomic E-state index is -0.284. The molecule has 2 atom stereocenters. The molecule has 19 heavy (non-hydrogen) atoms. The lowest BCUT2D eigenvalue weighted by Gasteiger charge is -2.22. The quantitative estimate of drug-likeness (QED) is 0.866. The Morgan fingerprint density at radius 2 is 2.26 bits per heavy atom. The zero-order valence-electron chi connectivity index (χ0n) is 11.4. The molecule has 1 fully saturated rings. The molecule has 0 radical (unpaired) electrons. The SMILES string of the molecule is CC(CC1CCCCCN1)Nc1ccc(Cl)cc1F. The van der Waals surface area contributed by atoms with Crippen molar-refractivity contribution in [2.45, 2.75) is 51.1 Å². The Balaban J connectivity index is 1.87. The molecule has 2 N–H and O–H groups in total. The van der Waals surface area contributed by atoms with E-state index in [1.54, 1.807) is 12.1 Å². The van der Waals surface area contributed by atoms with Crippen LogP contribution in [-0.4, -0.2) is 18.6 Å². The maximum atomic E-state index is 13.7. The molecule has 0 bridgehead atoms. The van der Waals surface area contributed by atoms with Crippen LogP contribution in [0.5, 0.6) is 0 Å². The maximum Gasteiger partial charge on any atom is 0.147 e. The predicted molar refractivity (Wildman–Crippen MR) is 79.4 cm³/mol. The van der Waals surface area contributed by atoms with Crippen LogP contribution in [-0.2, 0) is 0 Å². The van der Waals surface area contributed by atoms with E-state index < -0.39 is 0 Å². The van der Waals surface area contributed by atoms with E-state index in [2.05, 4.69) is 17.6 Å². The van der Waals surface area contributed by atoms with Crippen LogP contribution in [0.2, 0.25) is 5.02 Å². The fraction of sp³-hybridized carbons (Fsp3) is 0.600. The third-order valence-corrected chi connectivity index (χ3v) is 3.87. The maximum absolute atomic E-state index is 13.7. The average molecular weight is 285 g/mol. The van der Waals surface area contributed by atoms with Gasteiger partial charge in [0.15, 0.2) is 0 Å². The van der Waals surface area contributed by atoms with E-state index in [-0.39, 0.29) is 11.9 Å². The van der Waals surface area contributed by atoms with Gasteiger partial charge in [-0.3, -0.25) is 0 Å². The lowest BCUT2D eigenvalue weighted by molar-refractivity contribution is 0.455. The van der Waals surface area contributed by atoms with Crippen molar-refractivity contribution in [1.29, 1.82) is 0 Å². The highest BCUT2D eigenvalue weighted by atomic mass is 35.5. The van der Waals surface area contributed by atoms with E-state index in [1.807, 2.05) is 0 Å². The summed E-state index contributed by atoms with van der Waals surface area (Å²) in [7, 11) is 0. The minimum Gasteiger partial charge on any atom is -0.380 e. The van der Waals surface area contributed by atoms with Gasteiger partial charge in [-0.25, -0.2) is 4.39 Å². The van der Waals surface area contributed by atoms with Gasteiger partial charge in [0, 0.05) is 17.1 Å². The minimum absolute atomic E-state index is 0.242. The van der Waals surface area contributed by atoms with Crippen LogP contribution in [0.25, 0.3) is 0 Å². The van der Waals surface area contributed by atoms with E-state index in [9.17, 15) is 4.39 Å². The monoisotopic (exact) mass is 284 g/mol. The van der Waals surface area contributed by atoms with Crippen LogP contribution >= 0.6 is 11.6 Å². The van der Waals surface area contributed by atoms with Gasteiger partial charge in [0.25, 0.3) is 0 Å². The second kappa shape index (κ2) is 7.11. The molecule has 2 nitrogen and oxygen atoms in total. The highest BCUT2D eigenvalue weighted by molar-refractivity contribution is 6.30. The molecule has 2 rings (SSSR count). The van der Waals surface area contributed by atoms with Crippen molar-refractivity contribution in [3.8, 4) is 0 Å². The molecule has 1 aromatic rings. The van der Waals surface area contributed by atoms with Gasteiger partial charge in [0.05, 0.1) is 5.69 Å². The van der Waals surface area contributed by atoms with Crippen molar-refractivity contribution in [3.63, 3.8) is 0 Å². The van der Waals surface area contributed by atoms with Crippen LogP contribution in [0.15, 0.2) is 18.2 Å². The first-order valence-corrected chi connectivity index (χ1v) is 7.48. The first-order chi connectivity index (χ1) is 9.15. The number of hydrogen-bond donors (Lipinski definition) is 2. The van der Waals surface area contributed by atoms with Gasteiger partial charge >= 0.3 is 0 Å². The van der Waals surface area contributed by atoms with Crippen molar-refractivity contribution < 1.29 is 4.39 Å². The van der Waals surface area contributed by atoms with E-state index in [1.165, 1.54) is 31.7 Å². The Labute approximate surface area is 119 Å². The van der Waals surface area contributed by atoms with Crippen LogP contribution < -0.4 is 10.6 Å². The van der Waals surface area contributed by atoms with Gasteiger partial charge in [-0.15, -0.1) is 0 Å². The summed E-state index contributed by atoms with van der Waals surface area (Å²) >= 11 is 5.75. The summed E-state index contributed by atoms with van der Waals surface area (Å²) in [6.07, 6.45) is 6.11. The highest BCUT2D eigenvalue weighted by Gasteiger charge is 2.15. The van der Waals surface area contributed by atoms with Gasteiger partial charge in [-0.05, 0) is 50.9 Å². The average Bonchev–Trinajstić information content (AvgIpc) is 2.61. The molecule has 0 aromatic heterocycles. The highest BCUT2D eigenvalue weighted by Crippen LogP contribution is 2.21. The summed E-state index contributed by atoms with van der Waals surface area (Å²) in [6.45, 7) is 3.20. The Kier molecular flexibility index (Phi) is 5.46. The number of hydrogen-bond acceptors (Lipinski definition) is 2. The predicted octanol–water partition coefficient (Wildman–Crippen LogP) is 4.20. The van der Waals surface area contributed by atoms with Crippen LogP contribution in [0.1, 0.15) is 39.0 Å². The third-order valence-electron chi connectivity index (χ3n) is 3.63. The molecular formula is C15H22ClFN2. The van der Waals surface area contributed by atoms with Gasteiger partial charge in [0.1, 0.15) is 5.82 Å². The van der Waals surface area contributed by atoms with E-state index in [0.717, 1.165) is 13.0 Å². The van der Waals surface area contributed by atoms with Crippen LogP contribution in [0.4, 0.5) is 10.1 Å². The summed E-state index contributed by atoms with van der Waals surface area (Å²) in [6, 6.07) is 5.55. The molecular weight excluding hydrogens is 263 g/mol.